The normalized spacial score (nSPS) is 35.0. The van der Waals surface area contributed by atoms with E-state index >= 15 is 0 Å². The van der Waals surface area contributed by atoms with Crippen LogP contribution in [-0.4, -0.2) is 49.3 Å². The second-order valence-electron chi connectivity index (χ2n) is 6.98. The van der Waals surface area contributed by atoms with Gasteiger partial charge in [-0.1, -0.05) is 27.7 Å². The van der Waals surface area contributed by atoms with E-state index in [2.05, 4.69) is 37.9 Å². The van der Waals surface area contributed by atoms with Gasteiger partial charge in [-0.15, -0.1) is 0 Å². The minimum absolute atomic E-state index is 0.341. The van der Waals surface area contributed by atoms with Crippen LogP contribution in [0.3, 0.4) is 0 Å². The Hall–Kier alpha value is -0.120. The van der Waals surface area contributed by atoms with Crippen molar-refractivity contribution in [2.45, 2.75) is 65.1 Å². The van der Waals surface area contributed by atoms with E-state index in [1.54, 1.807) is 0 Å². The number of nitrogens with one attached hydrogen (secondary N) is 1. The summed E-state index contributed by atoms with van der Waals surface area (Å²) < 4.78 is 5.81. The first-order chi connectivity index (χ1) is 8.50. The molecule has 2 aliphatic rings. The summed E-state index contributed by atoms with van der Waals surface area (Å²) in [6.07, 6.45) is 4.21. The van der Waals surface area contributed by atoms with Gasteiger partial charge in [0.2, 0.25) is 0 Å². The van der Waals surface area contributed by atoms with Crippen LogP contribution in [0.15, 0.2) is 0 Å². The molecule has 2 aliphatic heterocycles. The average Bonchev–Trinajstić information content (AvgIpc) is 2.80. The summed E-state index contributed by atoms with van der Waals surface area (Å²) >= 11 is 0. The van der Waals surface area contributed by atoms with Gasteiger partial charge in [0, 0.05) is 38.3 Å². The molecule has 0 aromatic rings. The third-order valence-electron chi connectivity index (χ3n) is 4.51. The van der Waals surface area contributed by atoms with Crippen molar-refractivity contribution in [1.29, 1.82) is 0 Å². The quantitative estimate of drug-likeness (QED) is 0.836. The van der Waals surface area contributed by atoms with Crippen LogP contribution >= 0.6 is 0 Å². The maximum atomic E-state index is 5.81. The molecular formula is C15H30N2O. The van der Waals surface area contributed by atoms with Crippen LogP contribution in [-0.2, 0) is 4.74 Å². The third kappa shape index (κ3) is 3.46. The van der Waals surface area contributed by atoms with Gasteiger partial charge in [0.15, 0.2) is 0 Å². The Bertz CT molecular complexity index is 256. The summed E-state index contributed by atoms with van der Waals surface area (Å²) in [4.78, 5) is 2.67. The molecule has 0 saturated carbocycles. The Balaban J connectivity index is 1.94. The van der Waals surface area contributed by atoms with Gasteiger partial charge in [0.05, 0.1) is 6.10 Å². The largest absolute Gasteiger partial charge is 0.377 e. The molecule has 106 valence electrons. The Morgan fingerprint density at radius 1 is 1.33 bits per heavy atom. The van der Waals surface area contributed by atoms with Crippen LogP contribution in [0, 0.1) is 5.41 Å². The highest BCUT2D eigenvalue weighted by Gasteiger charge is 2.34. The highest BCUT2D eigenvalue weighted by molar-refractivity contribution is 4.92. The van der Waals surface area contributed by atoms with Gasteiger partial charge in [-0.25, -0.2) is 0 Å². The van der Waals surface area contributed by atoms with Crippen molar-refractivity contribution >= 4 is 0 Å². The van der Waals surface area contributed by atoms with Gasteiger partial charge in [-0.3, -0.25) is 4.90 Å². The van der Waals surface area contributed by atoms with Gasteiger partial charge in [-0.05, 0) is 24.7 Å². The summed E-state index contributed by atoms with van der Waals surface area (Å²) in [6, 6.07) is 1.29. The first-order valence-electron chi connectivity index (χ1n) is 7.59. The average molecular weight is 254 g/mol. The molecule has 2 fully saturated rings. The van der Waals surface area contributed by atoms with Crippen LogP contribution in [0.4, 0.5) is 0 Å². The van der Waals surface area contributed by atoms with Gasteiger partial charge in [0.1, 0.15) is 0 Å². The third-order valence-corrected chi connectivity index (χ3v) is 4.51. The molecule has 18 heavy (non-hydrogen) atoms. The number of rotatable bonds is 3. The number of ether oxygens (including phenoxy) is 1. The topological polar surface area (TPSA) is 24.5 Å². The molecule has 2 rings (SSSR count). The monoisotopic (exact) mass is 254 g/mol. The van der Waals surface area contributed by atoms with Crippen LogP contribution in [0.2, 0.25) is 0 Å². The van der Waals surface area contributed by atoms with Crippen LogP contribution < -0.4 is 5.32 Å². The van der Waals surface area contributed by atoms with Gasteiger partial charge in [0.25, 0.3) is 0 Å². The van der Waals surface area contributed by atoms with E-state index in [-0.39, 0.29) is 0 Å². The van der Waals surface area contributed by atoms with E-state index in [9.17, 15) is 0 Å². The fourth-order valence-corrected chi connectivity index (χ4v) is 3.11. The fraction of sp³-hybridized carbons (Fsp3) is 1.00. The minimum atomic E-state index is 0.341. The first kappa shape index (κ1) is 14.3. The lowest BCUT2D eigenvalue weighted by Crippen LogP contribution is -2.61. The number of nitrogens with zero attached hydrogens (tertiary/aromatic N) is 1. The molecule has 2 heterocycles. The molecule has 0 radical (unpaired) electrons. The maximum Gasteiger partial charge on any atom is 0.0702 e. The zero-order valence-electron chi connectivity index (χ0n) is 12.5. The van der Waals surface area contributed by atoms with E-state index in [1.165, 1.54) is 25.8 Å². The van der Waals surface area contributed by atoms with Crippen LogP contribution in [0.25, 0.3) is 0 Å². The number of hydrogen-bond acceptors (Lipinski definition) is 3. The Morgan fingerprint density at radius 2 is 2.11 bits per heavy atom. The minimum Gasteiger partial charge on any atom is -0.377 e. The maximum absolute atomic E-state index is 5.81. The number of piperazine rings is 1. The highest BCUT2D eigenvalue weighted by atomic mass is 16.5. The van der Waals surface area contributed by atoms with E-state index in [0.717, 1.165) is 19.7 Å². The predicted octanol–water partition coefficient (Wildman–Crippen LogP) is 2.26. The smallest absolute Gasteiger partial charge is 0.0702 e. The van der Waals surface area contributed by atoms with Gasteiger partial charge >= 0.3 is 0 Å². The molecule has 0 aromatic carbocycles. The summed E-state index contributed by atoms with van der Waals surface area (Å²) in [5, 5.41) is 3.73. The van der Waals surface area contributed by atoms with Crippen molar-refractivity contribution in [2.24, 2.45) is 5.41 Å². The lowest BCUT2D eigenvalue weighted by molar-refractivity contribution is 0.0240. The summed E-state index contributed by atoms with van der Waals surface area (Å²) in [7, 11) is 0. The van der Waals surface area contributed by atoms with E-state index in [4.69, 9.17) is 4.74 Å². The molecule has 0 bridgehead atoms. The molecule has 2 saturated heterocycles. The molecule has 0 aromatic heterocycles. The van der Waals surface area contributed by atoms with Gasteiger partial charge < -0.3 is 10.1 Å². The zero-order valence-corrected chi connectivity index (χ0v) is 12.5. The Kier molecular flexibility index (Phi) is 4.68. The Morgan fingerprint density at radius 3 is 2.67 bits per heavy atom. The molecule has 3 unspecified atom stereocenters. The molecule has 3 nitrogen and oxygen atoms in total. The lowest BCUT2D eigenvalue weighted by Gasteiger charge is -2.45. The van der Waals surface area contributed by atoms with Crippen molar-refractivity contribution < 1.29 is 4.74 Å². The first-order valence-corrected chi connectivity index (χ1v) is 7.59. The van der Waals surface area contributed by atoms with Crippen molar-refractivity contribution in [2.75, 3.05) is 26.2 Å². The molecular weight excluding hydrogens is 224 g/mol. The second-order valence-corrected chi connectivity index (χ2v) is 6.98. The molecule has 0 amide bonds. The molecule has 3 heteroatoms. The number of hydrogen-bond donors (Lipinski definition) is 1. The Labute approximate surface area is 112 Å². The summed E-state index contributed by atoms with van der Waals surface area (Å²) in [5.41, 5.74) is 0.341. The summed E-state index contributed by atoms with van der Waals surface area (Å²) in [5.74, 6) is 0. The van der Waals surface area contributed by atoms with E-state index in [0.29, 0.717) is 23.6 Å². The van der Waals surface area contributed by atoms with Crippen molar-refractivity contribution in [3.05, 3.63) is 0 Å². The van der Waals surface area contributed by atoms with E-state index in [1.807, 2.05) is 0 Å². The molecule has 3 atom stereocenters. The van der Waals surface area contributed by atoms with Crippen LogP contribution in [0.1, 0.15) is 47.0 Å². The van der Waals surface area contributed by atoms with Crippen molar-refractivity contribution in [3.8, 4) is 0 Å². The molecule has 1 N–H and O–H groups in total. The van der Waals surface area contributed by atoms with Crippen molar-refractivity contribution in [3.63, 3.8) is 0 Å². The molecule has 0 aliphatic carbocycles. The predicted molar refractivity (Wildman–Crippen MR) is 75.9 cm³/mol. The lowest BCUT2D eigenvalue weighted by atomic mass is 9.84. The van der Waals surface area contributed by atoms with E-state index < -0.39 is 0 Å². The summed E-state index contributed by atoms with van der Waals surface area (Å²) in [6.45, 7) is 13.7. The molecule has 0 spiro atoms. The van der Waals surface area contributed by atoms with Crippen molar-refractivity contribution in [1.82, 2.24) is 10.2 Å². The highest BCUT2D eigenvalue weighted by Crippen LogP contribution is 2.25. The fourth-order valence-electron chi connectivity index (χ4n) is 3.11. The second kappa shape index (κ2) is 5.89. The SMILES string of the molecule is CCC1CNC(C(C)(C)C)CN1CC1CCCO1. The zero-order chi connectivity index (χ0) is 13.2. The van der Waals surface area contributed by atoms with Gasteiger partial charge in [-0.2, -0.15) is 0 Å². The standard InChI is InChI=1S/C15H30N2O/c1-5-12-9-16-14(15(2,3)4)11-17(12)10-13-7-6-8-18-13/h12-14,16H,5-11H2,1-4H3. The van der Waals surface area contributed by atoms with Crippen LogP contribution in [0.5, 0.6) is 0 Å².